The topological polar surface area (TPSA) is 85.8 Å². The molecular weight excluding hydrogens is 234 g/mol. The smallest absolute Gasteiger partial charge is 0.315 e. The highest BCUT2D eigenvalue weighted by molar-refractivity contribution is 5.93. The molecule has 0 saturated heterocycles. The largest absolute Gasteiger partial charge is 0.328 e. The lowest BCUT2D eigenvalue weighted by Gasteiger charge is -1.97. The fourth-order valence-electron chi connectivity index (χ4n) is 2.03. The van der Waals surface area contributed by atoms with Gasteiger partial charge in [0.25, 0.3) is 0 Å². The zero-order valence-corrected chi connectivity index (χ0v) is 10.1. The van der Waals surface area contributed by atoms with Gasteiger partial charge >= 0.3 is 6.01 Å². The van der Waals surface area contributed by atoms with E-state index in [-0.39, 0.29) is 23.8 Å². The molecule has 1 aliphatic carbocycles. The highest BCUT2D eigenvalue weighted by Crippen LogP contribution is 2.47. The molecule has 18 heavy (non-hydrogen) atoms. The van der Waals surface area contributed by atoms with Gasteiger partial charge in [0, 0.05) is 19.2 Å². The minimum Gasteiger partial charge on any atom is -0.315 e. The van der Waals surface area contributed by atoms with Crippen molar-refractivity contribution in [2.45, 2.75) is 19.3 Å². The summed E-state index contributed by atoms with van der Waals surface area (Å²) in [6.07, 6.45) is 4.58. The van der Waals surface area contributed by atoms with E-state index in [1.165, 1.54) is 0 Å². The second-order valence-corrected chi connectivity index (χ2v) is 4.53. The maximum Gasteiger partial charge on any atom is 0.328 e. The second-order valence-electron chi connectivity index (χ2n) is 4.53. The fourth-order valence-corrected chi connectivity index (χ4v) is 2.03. The van der Waals surface area contributed by atoms with Crippen LogP contribution < -0.4 is 5.32 Å². The van der Waals surface area contributed by atoms with E-state index < -0.39 is 0 Å². The summed E-state index contributed by atoms with van der Waals surface area (Å²) >= 11 is 0. The molecule has 0 bridgehead atoms. The molecule has 0 aromatic carbocycles. The second kappa shape index (κ2) is 3.94. The monoisotopic (exact) mass is 247 g/mol. The van der Waals surface area contributed by atoms with Gasteiger partial charge in [-0.1, -0.05) is 5.16 Å². The molecule has 7 nitrogen and oxygen atoms in total. The van der Waals surface area contributed by atoms with Crippen LogP contribution in [0.25, 0.3) is 0 Å². The van der Waals surface area contributed by atoms with Crippen LogP contribution >= 0.6 is 0 Å². The van der Waals surface area contributed by atoms with E-state index in [4.69, 9.17) is 4.52 Å². The van der Waals surface area contributed by atoms with Gasteiger partial charge in [0.2, 0.25) is 5.91 Å². The van der Waals surface area contributed by atoms with Gasteiger partial charge in [-0.25, -0.2) is 0 Å². The maximum absolute atomic E-state index is 11.9. The Morgan fingerprint density at radius 2 is 2.44 bits per heavy atom. The fraction of sp³-hybridized carbons (Fsp3) is 0.455. The van der Waals surface area contributed by atoms with Gasteiger partial charge in [0.15, 0.2) is 5.82 Å². The van der Waals surface area contributed by atoms with Crippen LogP contribution in [0.15, 0.2) is 16.9 Å². The molecule has 1 amide bonds. The maximum atomic E-state index is 11.9. The predicted molar refractivity (Wildman–Crippen MR) is 61.7 cm³/mol. The number of carbonyl (C=O) groups excluding carboxylic acids is 1. The number of aromatic nitrogens is 4. The molecule has 0 radical (unpaired) electrons. The summed E-state index contributed by atoms with van der Waals surface area (Å²) in [5, 5.41) is 10.3. The summed E-state index contributed by atoms with van der Waals surface area (Å²) in [6.45, 7) is 1.70. The van der Waals surface area contributed by atoms with Gasteiger partial charge in [-0.05, 0) is 24.8 Å². The van der Waals surface area contributed by atoms with E-state index in [1.54, 1.807) is 17.8 Å². The number of hydrogen-bond acceptors (Lipinski definition) is 5. The SMILES string of the molecule is Cc1noc(NC(=O)[C@@H]2C[C@@H]2c2cnn(C)c2)n1. The van der Waals surface area contributed by atoms with Crippen molar-refractivity contribution in [2.24, 2.45) is 13.0 Å². The quantitative estimate of drug-likeness (QED) is 0.869. The summed E-state index contributed by atoms with van der Waals surface area (Å²) in [5.41, 5.74) is 1.10. The van der Waals surface area contributed by atoms with E-state index >= 15 is 0 Å². The van der Waals surface area contributed by atoms with Crippen LogP contribution in [0.3, 0.4) is 0 Å². The molecule has 2 aromatic rings. The van der Waals surface area contributed by atoms with Crippen LogP contribution in [0, 0.1) is 12.8 Å². The van der Waals surface area contributed by atoms with Crippen molar-refractivity contribution in [3.8, 4) is 0 Å². The molecule has 0 aliphatic heterocycles. The molecule has 94 valence electrons. The van der Waals surface area contributed by atoms with Crippen LogP contribution in [-0.4, -0.2) is 25.8 Å². The van der Waals surface area contributed by atoms with Gasteiger partial charge in [0.05, 0.1) is 6.20 Å². The minimum atomic E-state index is -0.0764. The number of anilines is 1. The summed E-state index contributed by atoms with van der Waals surface area (Å²) in [7, 11) is 1.86. The normalized spacial score (nSPS) is 21.9. The molecule has 2 atom stereocenters. The van der Waals surface area contributed by atoms with E-state index in [0.717, 1.165) is 12.0 Å². The number of hydrogen-bond donors (Lipinski definition) is 1. The van der Waals surface area contributed by atoms with Crippen LogP contribution in [-0.2, 0) is 11.8 Å². The van der Waals surface area contributed by atoms with Crippen LogP contribution in [0.4, 0.5) is 6.01 Å². The molecule has 0 unspecified atom stereocenters. The number of aryl methyl sites for hydroxylation is 2. The zero-order chi connectivity index (χ0) is 12.7. The van der Waals surface area contributed by atoms with Crippen molar-refractivity contribution in [3.05, 3.63) is 23.8 Å². The van der Waals surface area contributed by atoms with Crippen LogP contribution in [0.5, 0.6) is 0 Å². The first-order valence-corrected chi connectivity index (χ1v) is 5.73. The Balaban J connectivity index is 1.62. The summed E-state index contributed by atoms with van der Waals surface area (Å²) in [6, 6.07) is 0.161. The van der Waals surface area contributed by atoms with E-state index in [9.17, 15) is 4.79 Å². The Morgan fingerprint density at radius 3 is 3.06 bits per heavy atom. The number of rotatable bonds is 3. The minimum absolute atomic E-state index is 0.0265. The van der Waals surface area contributed by atoms with Gasteiger partial charge in [-0.15, -0.1) is 0 Å². The average Bonchev–Trinajstić information content (AvgIpc) is 2.86. The highest BCUT2D eigenvalue weighted by Gasteiger charge is 2.45. The average molecular weight is 247 g/mol. The Bertz CT molecular complexity index is 588. The predicted octanol–water partition coefficient (Wildman–Crippen LogP) is 0.854. The van der Waals surface area contributed by atoms with Crippen molar-refractivity contribution < 1.29 is 9.32 Å². The molecule has 0 spiro atoms. The Kier molecular flexibility index (Phi) is 2.39. The summed E-state index contributed by atoms with van der Waals surface area (Å²) in [4.78, 5) is 15.8. The highest BCUT2D eigenvalue weighted by atomic mass is 16.5. The Morgan fingerprint density at radius 1 is 1.61 bits per heavy atom. The standard InChI is InChI=1S/C11H13N5O2/c1-6-13-11(18-15-6)14-10(17)9-3-8(9)7-4-12-16(2)5-7/h4-5,8-9H,3H2,1-2H3,(H,13,14,15,17)/t8-,9-/m1/s1. The van der Waals surface area contributed by atoms with Gasteiger partial charge in [-0.2, -0.15) is 10.1 Å². The molecule has 2 aromatic heterocycles. The number of carbonyl (C=O) groups is 1. The van der Waals surface area contributed by atoms with E-state index in [0.29, 0.717) is 5.82 Å². The molecule has 1 aliphatic rings. The molecular formula is C11H13N5O2. The third-order valence-corrected chi connectivity index (χ3v) is 3.04. The van der Waals surface area contributed by atoms with Gasteiger partial charge in [0.1, 0.15) is 0 Å². The Labute approximate surface area is 103 Å². The van der Waals surface area contributed by atoms with Crippen molar-refractivity contribution >= 4 is 11.9 Å². The van der Waals surface area contributed by atoms with Crippen molar-refractivity contribution in [1.29, 1.82) is 0 Å². The van der Waals surface area contributed by atoms with E-state index in [1.807, 2.05) is 13.2 Å². The van der Waals surface area contributed by atoms with E-state index in [2.05, 4.69) is 20.6 Å². The first-order chi connectivity index (χ1) is 8.63. The lowest BCUT2D eigenvalue weighted by Crippen LogP contribution is -2.14. The van der Waals surface area contributed by atoms with Crippen molar-refractivity contribution in [3.63, 3.8) is 0 Å². The molecule has 2 heterocycles. The third kappa shape index (κ3) is 1.99. The first-order valence-electron chi connectivity index (χ1n) is 5.73. The lowest BCUT2D eigenvalue weighted by atomic mass is 10.2. The lowest BCUT2D eigenvalue weighted by molar-refractivity contribution is -0.117. The summed E-state index contributed by atoms with van der Waals surface area (Å²) in [5.74, 6) is 0.654. The van der Waals surface area contributed by atoms with Gasteiger partial charge < -0.3 is 4.52 Å². The first kappa shape index (κ1) is 10.9. The van der Waals surface area contributed by atoms with Crippen molar-refractivity contribution in [1.82, 2.24) is 19.9 Å². The zero-order valence-electron chi connectivity index (χ0n) is 10.1. The molecule has 3 rings (SSSR count). The van der Waals surface area contributed by atoms with Crippen LogP contribution in [0.1, 0.15) is 23.7 Å². The number of nitrogens with one attached hydrogen (secondary N) is 1. The molecule has 1 fully saturated rings. The molecule has 7 heteroatoms. The van der Waals surface area contributed by atoms with Gasteiger partial charge in [-0.3, -0.25) is 14.8 Å². The summed E-state index contributed by atoms with van der Waals surface area (Å²) < 4.78 is 6.59. The molecule has 1 saturated carbocycles. The Hall–Kier alpha value is -2.18. The molecule has 1 N–H and O–H groups in total. The third-order valence-electron chi connectivity index (χ3n) is 3.04. The van der Waals surface area contributed by atoms with Crippen molar-refractivity contribution in [2.75, 3.05) is 5.32 Å². The number of amides is 1. The van der Waals surface area contributed by atoms with Crippen LogP contribution in [0.2, 0.25) is 0 Å². The number of nitrogens with zero attached hydrogens (tertiary/aromatic N) is 4.